The van der Waals surface area contributed by atoms with E-state index in [1.54, 1.807) is 0 Å². The van der Waals surface area contributed by atoms with Crippen molar-refractivity contribution in [2.45, 2.75) is 19.3 Å². The summed E-state index contributed by atoms with van der Waals surface area (Å²) >= 11 is 0. The molecule has 0 bridgehead atoms. The first-order valence-electron chi connectivity index (χ1n) is 10.3. The largest absolute Gasteiger partial charge is 0.488 e. The molecule has 10 heteroatoms. The molecule has 5 nitrogen and oxygen atoms in total. The standard InChI is InChI=1S/C25H20F5N3O2/c26-19-7-4-8-20(27)23(19)33-24(34)21(31)11-12-32-14-17-13-18(25(28,29)30)9-10-22(17)35-15-16-5-2-1-3-6-16/h1-13H,14-15,31H2,(H,33,34)/p+1. The molecule has 0 saturated carbocycles. The number of benzene rings is 3. The summed E-state index contributed by atoms with van der Waals surface area (Å²) in [6.07, 6.45) is -2.19. The Hall–Kier alpha value is -4.21. The zero-order chi connectivity index (χ0) is 25.4. The lowest BCUT2D eigenvalue weighted by atomic mass is 10.1. The summed E-state index contributed by atoms with van der Waals surface area (Å²) in [6, 6.07) is 15.3. The molecule has 0 atom stereocenters. The van der Waals surface area contributed by atoms with Gasteiger partial charge in [-0.1, -0.05) is 36.4 Å². The minimum Gasteiger partial charge on any atom is -0.488 e. The number of rotatable bonds is 8. The Kier molecular flexibility index (Phi) is 8.19. The van der Waals surface area contributed by atoms with Crippen LogP contribution in [0.5, 0.6) is 5.75 Å². The third kappa shape index (κ3) is 7.13. The van der Waals surface area contributed by atoms with Crippen LogP contribution >= 0.6 is 0 Å². The van der Waals surface area contributed by atoms with Gasteiger partial charge in [-0.15, -0.1) is 0 Å². The number of hydrogen-bond donors (Lipinski definition) is 3. The molecule has 4 N–H and O–H groups in total. The first-order chi connectivity index (χ1) is 16.6. The van der Waals surface area contributed by atoms with Crippen LogP contribution < -0.4 is 20.8 Å². The molecule has 35 heavy (non-hydrogen) atoms. The molecule has 0 heterocycles. The van der Waals surface area contributed by atoms with Crippen molar-refractivity contribution in [3.8, 4) is 5.75 Å². The fraction of sp³-hybridized carbons (Fsp3) is 0.120. The molecular formula is C25H21F5N3O2+. The summed E-state index contributed by atoms with van der Waals surface area (Å²) in [7, 11) is 0. The van der Waals surface area contributed by atoms with Crippen LogP contribution in [-0.2, 0) is 24.1 Å². The highest BCUT2D eigenvalue weighted by Gasteiger charge is 2.31. The Balaban J connectivity index is 1.71. The van der Waals surface area contributed by atoms with E-state index in [0.29, 0.717) is 0 Å². The van der Waals surface area contributed by atoms with Gasteiger partial charge in [0.15, 0.2) is 12.8 Å². The highest BCUT2D eigenvalue weighted by molar-refractivity contribution is 6.05. The van der Waals surface area contributed by atoms with Gasteiger partial charge in [0.25, 0.3) is 5.91 Å². The van der Waals surface area contributed by atoms with Crippen molar-refractivity contribution in [1.82, 2.24) is 0 Å². The van der Waals surface area contributed by atoms with Crippen LogP contribution in [0.3, 0.4) is 0 Å². The van der Waals surface area contributed by atoms with Crippen molar-refractivity contribution in [3.05, 3.63) is 107 Å². The van der Waals surface area contributed by atoms with Crippen molar-refractivity contribution < 1.29 is 36.5 Å². The average molecular weight is 490 g/mol. The Labute approximate surface area is 197 Å². The fourth-order valence-electron chi connectivity index (χ4n) is 2.97. The van der Waals surface area contributed by atoms with Gasteiger partial charge >= 0.3 is 6.18 Å². The van der Waals surface area contributed by atoms with Crippen LogP contribution in [0.4, 0.5) is 27.6 Å². The number of alkyl halides is 3. The second-order valence-corrected chi connectivity index (χ2v) is 7.31. The van der Waals surface area contributed by atoms with Crippen molar-refractivity contribution in [3.63, 3.8) is 0 Å². The molecule has 0 radical (unpaired) electrons. The molecule has 3 aromatic carbocycles. The SMILES string of the molecule is NC(=CC=[NH+]Cc1cc(C(F)(F)F)ccc1OCc1ccccc1)C(=O)Nc1c(F)cccc1F. The van der Waals surface area contributed by atoms with E-state index >= 15 is 0 Å². The number of para-hydroxylation sites is 1. The maximum atomic E-state index is 13.7. The summed E-state index contributed by atoms with van der Waals surface area (Å²) in [4.78, 5) is 14.8. The number of carbonyl (C=O) groups excluding carboxylic acids is 1. The van der Waals surface area contributed by atoms with E-state index in [-0.39, 0.29) is 30.2 Å². The van der Waals surface area contributed by atoms with E-state index in [1.807, 2.05) is 35.6 Å². The predicted octanol–water partition coefficient (Wildman–Crippen LogP) is 3.70. The van der Waals surface area contributed by atoms with Gasteiger partial charge < -0.3 is 15.8 Å². The lowest BCUT2D eigenvalue weighted by molar-refractivity contribution is -0.469. The Bertz CT molecular complexity index is 1220. The second-order valence-electron chi connectivity index (χ2n) is 7.31. The third-order valence-corrected chi connectivity index (χ3v) is 4.76. The van der Waals surface area contributed by atoms with Crippen LogP contribution in [-0.4, -0.2) is 12.1 Å². The van der Waals surface area contributed by atoms with Gasteiger partial charge in [-0.25, -0.2) is 13.8 Å². The monoisotopic (exact) mass is 490 g/mol. The summed E-state index contributed by atoms with van der Waals surface area (Å²) in [5.74, 6) is -2.66. The quantitative estimate of drug-likeness (QED) is 0.256. The Morgan fingerprint density at radius 3 is 2.34 bits per heavy atom. The maximum Gasteiger partial charge on any atom is 0.416 e. The molecule has 3 aromatic rings. The van der Waals surface area contributed by atoms with Crippen molar-refractivity contribution in [1.29, 1.82) is 0 Å². The van der Waals surface area contributed by atoms with E-state index in [1.165, 1.54) is 12.3 Å². The van der Waals surface area contributed by atoms with Gasteiger partial charge in [0, 0.05) is 6.08 Å². The average Bonchev–Trinajstić information content (AvgIpc) is 2.83. The number of allylic oxidation sites excluding steroid dienone is 1. The van der Waals surface area contributed by atoms with Gasteiger partial charge in [0.05, 0.1) is 11.1 Å². The van der Waals surface area contributed by atoms with Gasteiger partial charge in [-0.2, -0.15) is 13.2 Å². The number of nitrogens with two attached hydrogens (primary N) is 1. The Morgan fingerprint density at radius 1 is 1.00 bits per heavy atom. The number of ether oxygens (including phenoxy) is 1. The maximum absolute atomic E-state index is 13.7. The van der Waals surface area contributed by atoms with Crippen LogP contribution in [0.15, 0.2) is 78.5 Å². The zero-order valence-electron chi connectivity index (χ0n) is 18.2. The number of amides is 1. The molecule has 0 aliphatic heterocycles. The smallest absolute Gasteiger partial charge is 0.416 e. The topological polar surface area (TPSA) is 78.3 Å². The summed E-state index contributed by atoms with van der Waals surface area (Å²) in [5, 5.41) is 2.03. The summed E-state index contributed by atoms with van der Waals surface area (Å²) < 4.78 is 72.6. The summed E-state index contributed by atoms with van der Waals surface area (Å²) in [5.41, 5.74) is 4.81. The molecular weight excluding hydrogens is 469 g/mol. The molecule has 1 amide bonds. The van der Waals surface area contributed by atoms with Crippen LogP contribution in [0, 0.1) is 11.6 Å². The first-order valence-corrected chi connectivity index (χ1v) is 10.3. The van der Waals surface area contributed by atoms with Gasteiger partial charge in [-0.05, 0) is 35.9 Å². The van der Waals surface area contributed by atoms with E-state index in [0.717, 1.165) is 42.0 Å². The number of anilines is 1. The van der Waals surface area contributed by atoms with E-state index in [2.05, 4.69) is 4.99 Å². The van der Waals surface area contributed by atoms with E-state index in [4.69, 9.17) is 10.5 Å². The molecule has 0 fully saturated rings. The molecule has 0 aromatic heterocycles. The van der Waals surface area contributed by atoms with Crippen LogP contribution in [0.1, 0.15) is 16.7 Å². The second kappa shape index (κ2) is 11.3. The lowest BCUT2D eigenvalue weighted by Crippen LogP contribution is -2.66. The van der Waals surface area contributed by atoms with Crippen molar-refractivity contribution in [2.75, 3.05) is 5.32 Å². The van der Waals surface area contributed by atoms with Crippen molar-refractivity contribution in [2.24, 2.45) is 5.73 Å². The number of hydrogen-bond acceptors (Lipinski definition) is 3. The summed E-state index contributed by atoms with van der Waals surface area (Å²) in [6.45, 7) is 0.0733. The molecule has 0 spiro atoms. The normalized spacial score (nSPS) is 12.1. The molecule has 0 aliphatic rings. The molecule has 3 rings (SSSR count). The van der Waals surface area contributed by atoms with Gasteiger partial charge in [-0.3, -0.25) is 4.79 Å². The van der Waals surface area contributed by atoms with Crippen LogP contribution in [0.2, 0.25) is 0 Å². The lowest BCUT2D eigenvalue weighted by Gasteiger charge is -2.12. The first kappa shape index (κ1) is 25.4. The predicted molar refractivity (Wildman–Crippen MR) is 120 cm³/mol. The number of carbonyl (C=O) groups is 1. The number of nitrogens with one attached hydrogen (secondary N) is 2. The number of halogens is 5. The van der Waals surface area contributed by atoms with E-state index < -0.39 is 35.0 Å². The van der Waals surface area contributed by atoms with Gasteiger partial charge in [0.2, 0.25) is 0 Å². The molecule has 0 aliphatic carbocycles. The minimum atomic E-state index is -4.54. The highest BCUT2D eigenvalue weighted by atomic mass is 19.4. The Morgan fingerprint density at radius 2 is 1.69 bits per heavy atom. The fourth-order valence-corrected chi connectivity index (χ4v) is 2.97. The minimum absolute atomic E-state index is 0.0820. The molecule has 0 saturated heterocycles. The van der Waals surface area contributed by atoms with Gasteiger partial charge in [0.1, 0.15) is 35.4 Å². The molecule has 0 unspecified atom stereocenters. The zero-order valence-corrected chi connectivity index (χ0v) is 18.2. The highest BCUT2D eigenvalue weighted by Crippen LogP contribution is 2.32. The van der Waals surface area contributed by atoms with Crippen LogP contribution in [0.25, 0.3) is 0 Å². The van der Waals surface area contributed by atoms with Crippen molar-refractivity contribution >= 4 is 17.8 Å². The van der Waals surface area contributed by atoms with E-state index in [9.17, 15) is 26.7 Å². The molecule has 182 valence electrons. The third-order valence-electron chi connectivity index (χ3n) is 4.76.